The normalized spacial score (nSPS) is 14.8. The van der Waals surface area contributed by atoms with E-state index in [0.29, 0.717) is 16.6 Å². The monoisotopic (exact) mass is 467 g/mol. The van der Waals surface area contributed by atoms with Crippen LogP contribution in [-0.4, -0.2) is 48.5 Å². The van der Waals surface area contributed by atoms with Crippen molar-refractivity contribution in [2.45, 2.75) is 44.0 Å². The summed E-state index contributed by atoms with van der Waals surface area (Å²) >= 11 is 0. The van der Waals surface area contributed by atoms with Crippen LogP contribution in [0.1, 0.15) is 31.2 Å². The Bertz CT molecular complexity index is 1270. The van der Waals surface area contributed by atoms with Gasteiger partial charge in [0, 0.05) is 35.9 Å². The molecule has 1 aliphatic rings. The molecule has 0 bridgehead atoms. The average Bonchev–Trinajstić information content (AvgIpc) is 2.95. The fourth-order valence-electron chi connectivity index (χ4n) is 4.31. The standard InChI is InChI=1S/C25H29N3O4S/c1-19-10-4-6-12-21(19)26-24(29)18-33(31,32)23-16-28(22-13-7-5-11-20(22)23)17-25(30)27-14-8-2-3-9-15-27/h4-7,10-13,16H,2-3,8-9,14-15,17-18H2,1H3,(H,26,29). The third kappa shape index (κ3) is 5.27. The molecule has 2 amide bonds. The minimum Gasteiger partial charge on any atom is -0.341 e. The van der Waals surface area contributed by atoms with Gasteiger partial charge in [0.05, 0.1) is 4.90 Å². The van der Waals surface area contributed by atoms with Gasteiger partial charge < -0.3 is 14.8 Å². The minimum absolute atomic E-state index is 0.0149. The Morgan fingerprint density at radius 2 is 1.61 bits per heavy atom. The van der Waals surface area contributed by atoms with Crippen molar-refractivity contribution in [1.29, 1.82) is 0 Å². The predicted octanol–water partition coefficient (Wildman–Crippen LogP) is 3.76. The number of benzene rings is 2. The van der Waals surface area contributed by atoms with Crippen LogP contribution in [0.4, 0.5) is 5.69 Å². The number of hydrogen-bond donors (Lipinski definition) is 1. The number of aryl methyl sites for hydroxylation is 1. The van der Waals surface area contributed by atoms with Gasteiger partial charge in [-0.25, -0.2) is 8.42 Å². The average molecular weight is 468 g/mol. The summed E-state index contributed by atoms with van der Waals surface area (Å²) < 4.78 is 28.1. The van der Waals surface area contributed by atoms with Crippen molar-refractivity contribution in [3.8, 4) is 0 Å². The van der Waals surface area contributed by atoms with Crippen LogP contribution in [0.5, 0.6) is 0 Å². The van der Waals surface area contributed by atoms with Gasteiger partial charge in [0.15, 0.2) is 9.84 Å². The quantitative estimate of drug-likeness (QED) is 0.598. The Balaban J connectivity index is 1.57. The zero-order valence-electron chi connectivity index (χ0n) is 18.8. The molecule has 2 heterocycles. The molecule has 0 aliphatic carbocycles. The third-order valence-electron chi connectivity index (χ3n) is 6.09. The Labute approximate surface area is 194 Å². The molecule has 0 spiro atoms. The second-order valence-electron chi connectivity index (χ2n) is 8.56. The molecule has 0 saturated carbocycles. The number of nitrogens with zero attached hydrogens (tertiary/aromatic N) is 2. The first-order valence-electron chi connectivity index (χ1n) is 11.3. The summed E-state index contributed by atoms with van der Waals surface area (Å²) in [5.41, 5.74) is 2.11. The number of amides is 2. The molecule has 1 N–H and O–H groups in total. The molecule has 8 heteroatoms. The molecular weight excluding hydrogens is 438 g/mol. The summed E-state index contributed by atoms with van der Waals surface area (Å²) in [5.74, 6) is -1.28. The maximum Gasteiger partial charge on any atom is 0.242 e. The molecule has 0 atom stereocenters. The number of fused-ring (bicyclic) bond motifs is 1. The van der Waals surface area contributed by atoms with Gasteiger partial charge in [-0.1, -0.05) is 49.2 Å². The van der Waals surface area contributed by atoms with E-state index >= 15 is 0 Å². The van der Waals surface area contributed by atoms with Gasteiger partial charge in [0.2, 0.25) is 11.8 Å². The number of sulfone groups is 1. The van der Waals surface area contributed by atoms with Crippen LogP contribution in [0.2, 0.25) is 0 Å². The number of carbonyl (C=O) groups is 2. The molecule has 174 valence electrons. The number of anilines is 1. The largest absolute Gasteiger partial charge is 0.341 e. The highest BCUT2D eigenvalue weighted by atomic mass is 32.2. The molecule has 7 nitrogen and oxygen atoms in total. The number of rotatable bonds is 6. The van der Waals surface area contributed by atoms with E-state index in [0.717, 1.165) is 44.3 Å². The number of likely N-dealkylation sites (tertiary alicyclic amines) is 1. The van der Waals surface area contributed by atoms with Gasteiger partial charge in [-0.2, -0.15) is 0 Å². The lowest BCUT2D eigenvalue weighted by Gasteiger charge is -2.20. The first-order valence-corrected chi connectivity index (χ1v) is 12.9. The van der Waals surface area contributed by atoms with E-state index in [4.69, 9.17) is 0 Å². The van der Waals surface area contributed by atoms with Crippen LogP contribution in [0.25, 0.3) is 10.9 Å². The van der Waals surface area contributed by atoms with Crippen LogP contribution in [0, 0.1) is 6.92 Å². The van der Waals surface area contributed by atoms with E-state index < -0.39 is 21.5 Å². The van der Waals surface area contributed by atoms with Gasteiger partial charge >= 0.3 is 0 Å². The van der Waals surface area contributed by atoms with E-state index in [-0.39, 0.29) is 17.3 Å². The summed E-state index contributed by atoms with van der Waals surface area (Å²) in [4.78, 5) is 27.4. The zero-order chi connectivity index (χ0) is 23.4. The van der Waals surface area contributed by atoms with Gasteiger partial charge in [-0.15, -0.1) is 0 Å². The molecule has 0 unspecified atom stereocenters. The molecule has 1 fully saturated rings. The van der Waals surface area contributed by atoms with Crippen molar-refractivity contribution in [1.82, 2.24) is 9.47 Å². The number of carbonyl (C=O) groups excluding carboxylic acids is 2. The Hall–Kier alpha value is -3.13. The summed E-state index contributed by atoms with van der Waals surface area (Å²) in [6.07, 6.45) is 5.74. The van der Waals surface area contributed by atoms with Crippen LogP contribution in [0.3, 0.4) is 0 Å². The summed E-state index contributed by atoms with van der Waals surface area (Å²) in [6.45, 7) is 3.40. The fourth-order valence-corrected chi connectivity index (χ4v) is 5.68. The summed E-state index contributed by atoms with van der Waals surface area (Å²) in [5, 5.41) is 3.20. The molecule has 3 aromatic rings. The molecule has 1 saturated heterocycles. The van der Waals surface area contributed by atoms with Crippen molar-refractivity contribution in [2.75, 3.05) is 24.2 Å². The highest BCUT2D eigenvalue weighted by Crippen LogP contribution is 2.27. The maximum atomic E-state index is 13.2. The first kappa shape index (κ1) is 23.0. The molecule has 33 heavy (non-hydrogen) atoms. The van der Waals surface area contributed by atoms with Crippen molar-refractivity contribution < 1.29 is 18.0 Å². The molecule has 4 rings (SSSR count). The molecule has 1 aliphatic heterocycles. The third-order valence-corrected chi connectivity index (χ3v) is 7.73. The Morgan fingerprint density at radius 1 is 0.939 bits per heavy atom. The van der Waals surface area contributed by atoms with E-state index in [2.05, 4.69) is 5.32 Å². The predicted molar refractivity (Wildman–Crippen MR) is 129 cm³/mol. The topological polar surface area (TPSA) is 88.5 Å². The number of nitrogens with one attached hydrogen (secondary N) is 1. The SMILES string of the molecule is Cc1ccccc1NC(=O)CS(=O)(=O)c1cn(CC(=O)N2CCCCCC2)c2ccccc12. The van der Waals surface area contributed by atoms with E-state index in [9.17, 15) is 18.0 Å². The minimum atomic E-state index is -3.92. The zero-order valence-corrected chi connectivity index (χ0v) is 19.6. The Kier molecular flexibility index (Phi) is 6.83. The lowest BCUT2D eigenvalue weighted by molar-refractivity contribution is -0.131. The van der Waals surface area contributed by atoms with Crippen LogP contribution in [-0.2, 0) is 26.0 Å². The van der Waals surface area contributed by atoms with Crippen molar-refractivity contribution in [3.05, 3.63) is 60.3 Å². The second-order valence-corrected chi connectivity index (χ2v) is 10.5. The summed E-state index contributed by atoms with van der Waals surface area (Å²) in [6, 6.07) is 14.3. The Morgan fingerprint density at radius 3 is 2.33 bits per heavy atom. The van der Waals surface area contributed by atoms with E-state index in [1.54, 1.807) is 34.9 Å². The van der Waals surface area contributed by atoms with Crippen LogP contribution >= 0.6 is 0 Å². The highest BCUT2D eigenvalue weighted by molar-refractivity contribution is 7.92. The molecule has 1 aromatic heterocycles. The molecular formula is C25H29N3O4S. The number of aromatic nitrogens is 1. The number of para-hydroxylation sites is 2. The second kappa shape index (κ2) is 9.79. The highest BCUT2D eigenvalue weighted by Gasteiger charge is 2.26. The fraction of sp³-hybridized carbons (Fsp3) is 0.360. The van der Waals surface area contributed by atoms with Gasteiger partial charge in [-0.3, -0.25) is 9.59 Å². The van der Waals surface area contributed by atoms with Gasteiger partial charge in [0.25, 0.3) is 0 Å². The molecule has 2 aromatic carbocycles. The first-order chi connectivity index (χ1) is 15.8. The van der Waals surface area contributed by atoms with Gasteiger partial charge in [-0.05, 0) is 37.5 Å². The van der Waals surface area contributed by atoms with E-state index in [1.165, 1.54) is 6.20 Å². The van der Waals surface area contributed by atoms with Gasteiger partial charge in [0.1, 0.15) is 12.3 Å². The lowest BCUT2D eigenvalue weighted by Crippen LogP contribution is -2.34. The summed E-state index contributed by atoms with van der Waals surface area (Å²) in [7, 11) is -3.92. The number of hydrogen-bond acceptors (Lipinski definition) is 4. The lowest BCUT2D eigenvalue weighted by atomic mass is 10.2. The van der Waals surface area contributed by atoms with Crippen LogP contribution in [0.15, 0.2) is 59.6 Å². The van der Waals surface area contributed by atoms with Crippen molar-refractivity contribution in [2.24, 2.45) is 0 Å². The van der Waals surface area contributed by atoms with Crippen molar-refractivity contribution >= 4 is 38.2 Å². The smallest absolute Gasteiger partial charge is 0.242 e. The van der Waals surface area contributed by atoms with Crippen molar-refractivity contribution in [3.63, 3.8) is 0 Å². The maximum absolute atomic E-state index is 13.2. The van der Waals surface area contributed by atoms with Crippen LogP contribution < -0.4 is 5.32 Å². The van der Waals surface area contributed by atoms with E-state index in [1.807, 2.05) is 30.0 Å². The molecule has 0 radical (unpaired) electrons.